The summed E-state index contributed by atoms with van der Waals surface area (Å²) in [5.74, 6) is 0.747. The molecule has 0 atom stereocenters. The summed E-state index contributed by atoms with van der Waals surface area (Å²) >= 11 is 0. The fraction of sp³-hybridized carbons (Fsp3) is 0.800. The van der Waals surface area contributed by atoms with Gasteiger partial charge in [-0.3, -0.25) is 0 Å². The lowest BCUT2D eigenvalue weighted by Gasteiger charge is -2.14. The minimum Gasteiger partial charge on any atom is -0.382 e. The molecule has 0 saturated heterocycles. The minimum absolute atomic E-state index is 0.485. The first-order valence-corrected chi connectivity index (χ1v) is 5.46. The van der Waals surface area contributed by atoms with Gasteiger partial charge in [-0.25, -0.2) is 4.68 Å². The second kappa shape index (κ2) is 3.98. The number of hydrogen-bond acceptors (Lipinski definition) is 3. The molecule has 1 aliphatic carbocycles. The minimum atomic E-state index is 0.485. The van der Waals surface area contributed by atoms with Crippen LogP contribution in [0.3, 0.4) is 0 Å². The van der Waals surface area contributed by atoms with Crippen molar-refractivity contribution in [3.05, 3.63) is 5.69 Å². The first kappa shape index (κ1) is 9.49. The van der Waals surface area contributed by atoms with Crippen LogP contribution in [0.4, 0.5) is 5.82 Å². The summed E-state index contributed by atoms with van der Waals surface area (Å²) < 4.78 is 1.92. The summed E-state index contributed by atoms with van der Waals surface area (Å²) in [5, 5.41) is 8.13. The molecule has 1 heterocycles. The van der Waals surface area contributed by atoms with Gasteiger partial charge < -0.3 is 5.73 Å². The fourth-order valence-electron chi connectivity index (χ4n) is 2.15. The molecular weight excluding hydrogens is 176 g/mol. The standard InChI is InChI=1S/C10H18N4/c1-8-10(11)14(13-12-8)9-6-4-2-3-5-7-9/h9H,2-7,11H2,1H3. The van der Waals surface area contributed by atoms with Crippen LogP contribution in [-0.4, -0.2) is 15.0 Å². The van der Waals surface area contributed by atoms with E-state index >= 15 is 0 Å². The van der Waals surface area contributed by atoms with E-state index in [1.165, 1.54) is 38.5 Å². The molecule has 1 saturated carbocycles. The first-order chi connectivity index (χ1) is 6.79. The van der Waals surface area contributed by atoms with Crippen molar-refractivity contribution in [1.29, 1.82) is 0 Å². The Morgan fingerprint density at radius 3 is 2.36 bits per heavy atom. The second-order valence-corrected chi connectivity index (χ2v) is 4.15. The molecule has 0 spiro atoms. The summed E-state index contributed by atoms with van der Waals surface area (Å²) in [7, 11) is 0. The second-order valence-electron chi connectivity index (χ2n) is 4.15. The molecule has 4 nitrogen and oxygen atoms in total. The quantitative estimate of drug-likeness (QED) is 0.696. The molecule has 1 aliphatic rings. The van der Waals surface area contributed by atoms with Gasteiger partial charge >= 0.3 is 0 Å². The highest BCUT2D eigenvalue weighted by atomic mass is 15.5. The van der Waals surface area contributed by atoms with Crippen LogP contribution in [0.5, 0.6) is 0 Å². The Kier molecular flexibility index (Phi) is 2.70. The average Bonchev–Trinajstić information content (AvgIpc) is 2.47. The highest BCUT2D eigenvalue weighted by Gasteiger charge is 2.18. The Hall–Kier alpha value is -1.06. The van der Waals surface area contributed by atoms with E-state index < -0.39 is 0 Å². The number of nitrogens with zero attached hydrogens (tertiary/aromatic N) is 3. The molecule has 0 unspecified atom stereocenters. The summed E-state index contributed by atoms with van der Waals surface area (Å²) in [6.45, 7) is 1.91. The van der Waals surface area contributed by atoms with Crippen LogP contribution in [0, 0.1) is 6.92 Å². The van der Waals surface area contributed by atoms with Crippen molar-refractivity contribution in [2.45, 2.75) is 51.5 Å². The van der Waals surface area contributed by atoms with Gasteiger partial charge in [0.05, 0.1) is 6.04 Å². The van der Waals surface area contributed by atoms with Crippen LogP contribution in [-0.2, 0) is 0 Å². The topological polar surface area (TPSA) is 56.7 Å². The highest BCUT2D eigenvalue weighted by molar-refractivity contribution is 5.32. The maximum atomic E-state index is 5.92. The van der Waals surface area contributed by atoms with Gasteiger partial charge in [-0.2, -0.15) is 0 Å². The van der Waals surface area contributed by atoms with Gasteiger partial charge in [0, 0.05) is 0 Å². The number of nitrogen functional groups attached to an aromatic ring is 1. The maximum absolute atomic E-state index is 5.92. The SMILES string of the molecule is Cc1nnn(C2CCCCCC2)c1N. The lowest BCUT2D eigenvalue weighted by atomic mass is 10.1. The fourth-order valence-corrected chi connectivity index (χ4v) is 2.15. The third kappa shape index (κ3) is 1.74. The van der Waals surface area contributed by atoms with Crippen LogP contribution in [0.15, 0.2) is 0 Å². The molecule has 2 rings (SSSR count). The molecule has 78 valence electrons. The van der Waals surface area contributed by atoms with Crippen molar-refractivity contribution in [2.75, 3.05) is 5.73 Å². The van der Waals surface area contributed by atoms with E-state index in [4.69, 9.17) is 5.73 Å². The third-order valence-electron chi connectivity index (χ3n) is 3.08. The zero-order valence-corrected chi connectivity index (χ0v) is 8.74. The predicted molar refractivity (Wildman–Crippen MR) is 55.9 cm³/mol. The van der Waals surface area contributed by atoms with Crippen molar-refractivity contribution in [3.8, 4) is 0 Å². The lowest BCUT2D eigenvalue weighted by molar-refractivity contribution is 0.401. The Labute approximate surface area is 84.5 Å². The zero-order valence-electron chi connectivity index (χ0n) is 8.74. The smallest absolute Gasteiger partial charge is 0.145 e. The Bertz CT molecular complexity index is 297. The van der Waals surface area contributed by atoms with Gasteiger partial charge in [0.25, 0.3) is 0 Å². The molecule has 0 aromatic carbocycles. The molecule has 0 radical (unpaired) electrons. The van der Waals surface area contributed by atoms with Crippen LogP contribution < -0.4 is 5.73 Å². The van der Waals surface area contributed by atoms with Crippen LogP contribution >= 0.6 is 0 Å². The lowest BCUT2D eigenvalue weighted by Crippen LogP contribution is -2.12. The number of anilines is 1. The van der Waals surface area contributed by atoms with E-state index in [-0.39, 0.29) is 0 Å². The molecule has 0 bridgehead atoms. The largest absolute Gasteiger partial charge is 0.382 e. The Morgan fingerprint density at radius 1 is 1.21 bits per heavy atom. The molecule has 1 aromatic heterocycles. The normalized spacial score (nSPS) is 19.5. The monoisotopic (exact) mass is 194 g/mol. The van der Waals surface area contributed by atoms with Crippen molar-refractivity contribution >= 4 is 5.82 Å². The van der Waals surface area contributed by atoms with E-state index in [1.54, 1.807) is 0 Å². The number of aromatic nitrogens is 3. The van der Waals surface area contributed by atoms with E-state index in [0.29, 0.717) is 6.04 Å². The Morgan fingerprint density at radius 2 is 1.86 bits per heavy atom. The van der Waals surface area contributed by atoms with Gasteiger partial charge in [-0.1, -0.05) is 30.9 Å². The number of rotatable bonds is 1. The maximum Gasteiger partial charge on any atom is 0.145 e. The van der Waals surface area contributed by atoms with Gasteiger partial charge in [0.2, 0.25) is 0 Å². The molecule has 1 aromatic rings. The van der Waals surface area contributed by atoms with Crippen molar-refractivity contribution in [3.63, 3.8) is 0 Å². The average molecular weight is 194 g/mol. The summed E-state index contributed by atoms with van der Waals surface area (Å²) in [6.07, 6.45) is 7.69. The number of aryl methyl sites for hydroxylation is 1. The molecule has 1 fully saturated rings. The van der Waals surface area contributed by atoms with E-state index in [2.05, 4.69) is 10.3 Å². The molecule has 2 N–H and O–H groups in total. The van der Waals surface area contributed by atoms with E-state index in [9.17, 15) is 0 Å². The molecule has 14 heavy (non-hydrogen) atoms. The van der Waals surface area contributed by atoms with Gasteiger partial charge in [0.1, 0.15) is 11.5 Å². The van der Waals surface area contributed by atoms with Crippen molar-refractivity contribution < 1.29 is 0 Å². The highest BCUT2D eigenvalue weighted by Crippen LogP contribution is 2.28. The third-order valence-corrected chi connectivity index (χ3v) is 3.08. The van der Waals surface area contributed by atoms with Gasteiger partial charge in [-0.15, -0.1) is 5.10 Å². The zero-order chi connectivity index (χ0) is 9.97. The van der Waals surface area contributed by atoms with E-state index in [1.807, 2.05) is 11.6 Å². The number of nitrogens with two attached hydrogens (primary N) is 1. The van der Waals surface area contributed by atoms with Gasteiger partial charge in [-0.05, 0) is 19.8 Å². The van der Waals surface area contributed by atoms with E-state index in [0.717, 1.165) is 11.5 Å². The summed E-state index contributed by atoms with van der Waals surface area (Å²) in [4.78, 5) is 0. The van der Waals surface area contributed by atoms with Gasteiger partial charge in [0.15, 0.2) is 0 Å². The van der Waals surface area contributed by atoms with Crippen LogP contribution in [0.25, 0.3) is 0 Å². The molecule has 0 aliphatic heterocycles. The van der Waals surface area contributed by atoms with Crippen LogP contribution in [0.2, 0.25) is 0 Å². The van der Waals surface area contributed by atoms with Crippen molar-refractivity contribution in [2.24, 2.45) is 0 Å². The number of hydrogen-bond donors (Lipinski definition) is 1. The summed E-state index contributed by atoms with van der Waals surface area (Å²) in [5.41, 5.74) is 6.78. The molecular formula is C10H18N4. The molecule has 4 heteroatoms. The summed E-state index contributed by atoms with van der Waals surface area (Å²) in [6, 6.07) is 0.485. The predicted octanol–water partition coefficient (Wildman–Crippen LogP) is 2.06. The first-order valence-electron chi connectivity index (χ1n) is 5.46. The molecule has 0 amide bonds. The van der Waals surface area contributed by atoms with Crippen LogP contribution in [0.1, 0.15) is 50.3 Å². The Balaban J connectivity index is 2.16. The van der Waals surface area contributed by atoms with Crippen molar-refractivity contribution in [1.82, 2.24) is 15.0 Å².